The van der Waals surface area contributed by atoms with Crippen LogP contribution in [-0.4, -0.2) is 18.6 Å². The van der Waals surface area contributed by atoms with E-state index in [0.29, 0.717) is 13.0 Å². The lowest BCUT2D eigenvalue weighted by Crippen LogP contribution is -2.20. The molecule has 0 aromatic rings. The fourth-order valence-corrected chi connectivity index (χ4v) is 0.483. The highest BCUT2D eigenvalue weighted by Gasteiger charge is 2.03. The minimum absolute atomic E-state index is 0.0935. The maximum Gasteiger partial charge on any atom is 0.307 e. The van der Waals surface area contributed by atoms with Crippen molar-refractivity contribution < 1.29 is 9.53 Å². The number of rotatable bonds is 3. The van der Waals surface area contributed by atoms with E-state index in [1.807, 2.05) is 13.8 Å². The van der Waals surface area contributed by atoms with Crippen LogP contribution in [-0.2, 0) is 9.53 Å². The van der Waals surface area contributed by atoms with Crippen LogP contribution in [0.1, 0.15) is 34.1 Å². The van der Waals surface area contributed by atoms with Crippen molar-refractivity contribution in [3.8, 4) is 0 Å². The van der Waals surface area contributed by atoms with Crippen molar-refractivity contribution in [3.63, 3.8) is 0 Å². The molecule has 0 aromatic heterocycles. The third-order valence-corrected chi connectivity index (χ3v) is 0.794. The first kappa shape index (κ1) is 13.1. The second-order valence-corrected chi connectivity index (χ2v) is 1.99. The van der Waals surface area contributed by atoms with Gasteiger partial charge in [-0.3, -0.25) is 4.79 Å². The molecule has 1 atom stereocenters. The minimum Gasteiger partial charge on any atom is -0.466 e. The molecule has 68 valence electrons. The number of carbonyl (C=O) groups is 1. The molecule has 0 fully saturated rings. The highest BCUT2D eigenvalue weighted by atomic mass is 16.5. The van der Waals surface area contributed by atoms with Gasteiger partial charge >= 0.3 is 5.97 Å². The Balaban J connectivity index is 0. The lowest BCUT2D eigenvalue weighted by atomic mass is 10.3. The third-order valence-electron chi connectivity index (χ3n) is 0.794. The summed E-state index contributed by atoms with van der Waals surface area (Å²) in [6.45, 7) is 7.99. The third kappa shape index (κ3) is 12.6. The fourth-order valence-electron chi connectivity index (χ4n) is 0.483. The molecule has 0 radical (unpaired) electrons. The number of carbonyl (C=O) groups excluding carboxylic acids is 1. The first-order valence-corrected chi connectivity index (χ1v) is 4.08. The van der Waals surface area contributed by atoms with Crippen molar-refractivity contribution in [2.24, 2.45) is 5.73 Å². The van der Waals surface area contributed by atoms with Crippen LogP contribution in [0.15, 0.2) is 0 Å². The normalized spacial score (nSPS) is 11.0. The summed E-state index contributed by atoms with van der Waals surface area (Å²) in [5.41, 5.74) is 5.32. The van der Waals surface area contributed by atoms with E-state index in [1.165, 1.54) is 0 Å². The Morgan fingerprint density at radius 1 is 1.55 bits per heavy atom. The largest absolute Gasteiger partial charge is 0.466 e. The average Bonchev–Trinajstić information content (AvgIpc) is 1.91. The summed E-state index contributed by atoms with van der Waals surface area (Å²) in [4.78, 5) is 10.6. The average molecular weight is 161 g/mol. The Morgan fingerprint density at radius 3 is 2.27 bits per heavy atom. The maximum absolute atomic E-state index is 10.6. The Morgan fingerprint density at radius 2 is 2.00 bits per heavy atom. The van der Waals surface area contributed by atoms with E-state index in [2.05, 4.69) is 4.74 Å². The minimum atomic E-state index is -0.215. The zero-order valence-electron chi connectivity index (χ0n) is 7.89. The number of esters is 1. The second-order valence-electron chi connectivity index (χ2n) is 1.99. The van der Waals surface area contributed by atoms with Crippen molar-refractivity contribution in [1.29, 1.82) is 0 Å². The quantitative estimate of drug-likeness (QED) is 0.635. The standard InChI is InChI=1S/C6H13NO2.C2H6/c1-3-9-6(8)4-5(2)7;1-2/h5H,3-4,7H2,1-2H3;1-2H3. The molecule has 0 saturated carbocycles. The maximum atomic E-state index is 10.6. The molecule has 1 unspecified atom stereocenters. The van der Waals surface area contributed by atoms with Gasteiger partial charge in [0.05, 0.1) is 13.0 Å². The summed E-state index contributed by atoms with van der Waals surface area (Å²) in [5, 5.41) is 0. The van der Waals surface area contributed by atoms with Gasteiger partial charge in [0.25, 0.3) is 0 Å². The topological polar surface area (TPSA) is 52.3 Å². The highest BCUT2D eigenvalue weighted by Crippen LogP contribution is 1.89. The van der Waals surface area contributed by atoms with E-state index >= 15 is 0 Å². The highest BCUT2D eigenvalue weighted by molar-refractivity contribution is 5.69. The molecule has 0 rings (SSSR count). The Bertz CT molecular complexity index is 92.1. The predicted molar refractivity (Wildman–Crippen MR) is 46.2 cm³/mol. The van der Waals surface area contributed by atoms with E-state index in [9.17, 15) is 4.79 Å². The zero-order chi connectivity index (χ0) is 9.28. The molecule has 0 spiro atoms. The summed E-state index contributed by atoms with van der Waals surface area (Å²) in [5.74, 6) is -0.215. The van der Waals surface area contributed by atoms with Gasteiger partial charge in [-0.25, -0.2) is 0 Å². The van der Waals surface area contributed by atoms with Gasteiger partial charge in [0.15, 0.2) is 0 Å². The number of ether oxygens (including phenoxy) is 1. The summed E-state index contributed by atoms with van der Waals surface area (Å²) < 4.78 is 4.63. The summed E-state index contributed by atoms with van der Waals surface area (Å²) in [6, 6.07) is -0.0935. The summed E-state index contributed by atoms with van der Waals surface area (Å²) >= 11 is 0. The van der Waals surface area contributed by atoms with Crippen LogP contribution in [0.3, 0.4) is 0 Å². The predicted octanol–water partition coefficient (Wildman–Crippen LogP) is 1.31. The molecule has 0 bridgehead atoms. The van der Waals surface area contributed by atoms with E-state index < -0.39 is 0 Å². The molecule has 0 heterocycles. The fraction of sp³-hybridized carbons (Fsp3) is 0.875. The van der Waals surface area contributed by atoms with Gasteiger partial charge in [0, 0.05) is 6.04 Å². The van der Waals surface area contributed by atoms with Gasteiger partial charge in [0.1, 0.15) is 0 Å². The van der Waals surface area contributed by atoms with Crippen molar-refractivity contribution >= 4 is 5.97 Å². The summed E-state index contributed by atoms with van der Waals surface area (Å²) in [6.07, 6.45) is 0.313. The van der Waals surface area contributed by atoms with Gasteiger partial charge in [-0.05, 0) is 13.8 Å². The van der Waals surface area contributed by atoms with Crippen LogP contribution in [0.5, 0.6) is 0 Å². The van der Waals surface area contributed by atoms with Crippen molar-refractivity contribution in [2.45, 2.75) is 40.2 Å². The smallest absolute Gasteiger partial charge is 0.307 e. The van der Waals surface area contributed by atoms with Gasteiger partial charge < -0.3 is 10.5 Å². The Labute approximate surface area is 68.9 Å². The second kappa shape index (κ2) is 9.43. The van der Waals surface area contributed by atoms with Crippen LogP contribution >= 0.6 is 0 Å². The first-order valence-electron chi connectivity index (χ1n) is 4.08. The molecular weight excluding hydrogens is 142 g/mol. The molecule has 0 aromatic carbocycles. The van der Waals surface area contributed by atoms with Crippen molar-refractivity contribution in [1.82, 2.24) is 0 Å². The lowest BCUT2D eigenvalue weighted by molar-refractivity contribution is -0.143. The molecule has 0 aliphatic carbocycles. The van der Waals surface area contributed by atoms with Gasteiger partial charge in [-0.2, -0.15) is 0 Å². The molecule has 2 N–H and O–H groups in total. The molecule has 11 heavy (non-hydrogen) atoms. The molecule has 0 aliphatic heterocycles. The molecular formula is C8H19NO2. The Kier molecular flexibility index (Phi) is 11.2. The van der Waals surface area contributed by atoms with Gasteiger partial charge in [0.2, 0.25) is 0 Å². The lowest BCUT2D eigenvalue weighted by Gasteiger charge is -2.02. The van der Waals surface area contributed by atoms with Crippen LogP contribution in [0.2, 0.25) is 0 Å². The number of hydrogen-bond donors (Lipinski definition) is 1. The van der Waals surface area contributed by atoms with Crippen molar-refractivity contribution in [3.05, 3.63) is 0 Å². The monoisotopic (exact) mass is 161 g/mol. The van der Waals surface area contributed by atoms with E-state index in [-0.39, 0.29) is 12.0 Å². The zero-order valence-corrected chi connectivity index (χ0v) is 7.89. The summed E-state index contributed by atoms with van der Waals surface area (Å²) in [7, 11) is 0. The van der Waals surface area contributed by atoms with E-state index in [1.54, 1.807) is 13.8 Å². The van der Waals surface area contributed by atoms with E-state index in [4.69, 9.17) is 5.73 Å². The van der Waals surface area contributed by atoms with Crippen LogP contribution in [0.25, 0.3) is 0 Å². The van der Waals surface area contributed by atoms with Crippen LogP contribution in [0.4, 0.5) is 0 Å². The Hall–Kier alpha value is -0.570. The SMILES string of the molecule is CC.CCOC(=O)CC(C)N. The molecule has 3 nitrogen and oxygen atoms in total. The van der Waals surface area contributed by atoms with Gasteiger partial charge in [-0.1, -0.05) is 13.8 Å². The molecule has 0 aliphatic rings. The first-order chi connectivity index (χ1) is 5.16. The van der Waals surface area contributed by atoms with E-state index in [0.717, 1.165) is 0 Å². The molecule has 0 saturated heterocycles. The van der Waals surface area contributed by atoms with Gasteiger partial charge in [-0.15, -0.1) is 0 Å². The molecule has 0 amide bonds. The number of nitrogens with two attached hydrogens (primary N) is 1. The van der Waals surface area contributed by atoms with Crippen LogP contribution in [0, 0.1) is 0 Å². The van der Waals surface area contributed by atoms with Crippen molar-refractivity contribution in [2.75, 3.05) is 6.61 Å². The number of hydrogen-bond acceptors (Lipinski definition) is 3. The van der Waals surface area contributed by atoms with Crippen LogP contribution < -0.4 is 5.73 Å². The molecule has 3 heteroatoms.